The average molecular weight is 588 g/mol. The van der Waals surface area contributed by atoms with Crippen LogP contribution in [0.5, 0.6) is 0 Å². The Bertz CT molecular complexity index is 1820. The number of carbonyl (C=O) groups excluding carboxylic acids is 1. The van der Waals surface area contributed by atoms with Crippen molar-refractivity contribution in [3.63, 3.8) is 0 Å². The first-order valence-corrected chi connectivity index (χ1v) is 16.0. The largest absolute Gasteiger partial charge is 0.384 e. The fraction of sp³-hybridized carbons (Fsp3) is 0.333. The van der Waals surface area contributed by atoms with Crippen molar-refractivity contribution in [2.24, 2.45) is 4.99 Å². The van der Waals surface area contributed by atoms with Crippen LogP contribution in [0.2, 0.25) is 0 Å². The summed E-state index contributed by atoms with van der Waals surface area (Å²) in [7, 11) is -1.40. The van der Waals surface area contributed by atoms with E-state index in [4.69, 9.17) is 4.74 Å². The van der Waals surface area contributed by atoms with Crippen molar-refractivity contribution >= 4 is 32.9 Å². The van der Waals surface area contributed by atoms with Gasteiger partial charge in [-0.25, -0.2) is 12.8 Å². The highest BCUT2D eigenvalue weighted by atomic mass is 32.2. The van der Waals surface area contributed by atoms with E-state index in [-0.39, 0.29) is 23.0 Å². The lowest BCUT2D eigenvalue weighted by atomic mass is 9.84. The predicted molar refractivity (Wildman–Crippen MR) is 164 cm³/mol. The third-order valence-corrected chi connectivity index (χ3v) is 10.0. The van der Waals surface area contributed by atoms with Crippen LogP contribution >= 0.6 is 0 Å². The molecule has 1 aromatic heterocycles. The van der Waals surface area contributed by atoms with Crippen LogP contribution in [0.25, 0.3) is 27.7 Å². The molecular formula is C33H34FN3O4S. The fourth-order valence-corrected chi connectivity index (χ4v) is 7.37. The molecule has 0 atom stereocenters. The maximum Gasteiger partial charge on any atom is 0.251 e. The number of sulfone groups is 1. The van der Waals surface area contributed by atoms with E-state index in [1.165, 1.54) is 18.4 Å². The number of nitrogens with one attached hydrogen (secondary N) is 1. The SMILES string of the molecule is COCC(C)(C)c1c(-c2ccc(C(=O)NC3CC(S(C)(=O)=O)C3)cc2)c2cc3c(cc2n1-c1ccc(F)cc1)C=NC3. The molecule has 1 aliphatic carbocycles. The molecule has 0 unspecified atom stereocenters. The molecule has 0 radical (unpaired) electrons. The molecule has 0 spiro atoms. The number of rotatable bonds is 8. The van der Waals surface area contributed by atoms with Gasteiger partial charge in [-0.05, 0) is 78.1 Å². The Kier molecular flexibility index (Phi) is 7.06. The second-order valence-electron chi connectivity index (χ2n) is 12.1. The van der Waals surface area contributed by atoms with Crippen LogP contribution in [0.3, 0.4) is 0 Å². The zero-order chi connectivity index (χ0) is 29.8. The lowest BCUT2D eigenvalue weighted by Gasteiger charge is -2.34. The molecule has 1 N–H and O–H groups in total. The molecular weight excluding hydrogens is 553 g/mol. The number of methoxy groups -OCH3 is 1. The van der Waals surface area contributed by atoms with Crippen molar-refractivity contribution in [1.82, 2.24) is 9.88 Å². The summed E-state index contributed by atoms with van der Waals surface area (Å²) >= 11 is 0. The Morgan fingerprint density at radius 1 is 1.10 bits per heavy atom. The van der Waals surface area contributed by atoms with Crippen LogP contribution in [0.1, 0.15) is 53.9 Å². The first-order valence-electron chi connectivity index (χ1n) is 14.0. The number of fused-ring (bicyclic) bond motifs is 2. The minimum atomic E-state index is -3.09. The van der Waals surface area contributed by atoms with Crippen LogP contribution in [-0.2, 0) is 26.5 Å². The van der Waals surface area contributed by atoms with Gasteiger partial charge in [0.1, 0.15) is 15.7 Å². The number of carbonyl (C=O) groups is 1. The van der Waals surface area contributed by atoms with Crippen LogP contribution in [0.15, 0.2) is 65.7 Å². The van der Waals surface area contributed by atoms with E-state index in [0.717, 1.165) is 44.5 Å². The van der Waals surface area contributed by atoms with E-state index < -0.39 is 15.3 Å². The van der Waals surface area contributed by atoms with Gasteiger partial charge in [-0.1, -0.05) is 26.0 Å². The topological polar surface area (TPSA) is 89.8 Å². The van der Waals surface area contributed by atoms with Crippen LogP contribution in [0, 0.1) is 5.82 Å². The summed E-state index contributed by atoms with van der Waals surface area (Å²) in [6.07, 6.45) is 4.02. The van der Waals surface area contributed by atoms with E-state index in [9.17, 15) is 17.6 Å². The molecule has 3 aromatic carbocycles. The second kappa shape index (κ2) is 10.5. The number of nitrogens with zero attached hydrogens (tertiary/aromatic N) is 2. The first-order chi connectivity index (χ1) is 20.0. The fourth-order valence-electron chi connectivity index (χ4n) is 6.20. The number of aromatic nitrogens is 1. The third kappa shape index (κ3) is 5.05. The minimum absolute atomic E-state index is 0.142. The predicted octanol–water partition coefficient (Wildman–Crippen LogP) is 5.60. The second-order valence-corrected chi connectivity index (χ2v) is 14.4. The van der Waals surface area contributed by atoms with E-state index in [1.807, 2.05) is 30.5 Å². The number of amides is 1. The molecule has 6 rings (SSSR count). The Morgan fingerprint density at radius 3 is 2.43 bits per heavy atom. The zero-order valence-electron chi connectivity index (χ0n) is 24.1. The smallest absolute Gasteiger partial charge is 0.251 e. The van der Waals surface area contributed by atoms with Crippen molar-refractivity contribution in [2.75, 3.05) is 20.0 Å². The van der Waals surface area contributed by atoms with Gasteiger partial charge in [-0.3, -0.25) is 9.79 Å². The summed E-state index contributed by atoms with van der Waals surface area (Å²) < 4.78 is 45.4. The Labute approximate surface area is 245 Å². The first kappa shape index (κ1) is 28.3. The summed E-state index contributed by atoms with van der Waals surface area (Å²) in [5, 5.41) is 3.62. The minimum Gasteiger partial charge on any atom is -0.384 e. The monoisotopic (exact) mass is 587 g/mol. The molecule has 0 saturated heterocycles. The molecule has 1 amide bonds. The summed E-state index contributed by atoms with van der Waals surface area (Å²) in [4.78, 5) is 17.5. The molecule has 7 nitrogen and oxygen atoms in total. The zero-order valence-corrected chi connectivity index (χ0v) is 25.0. The highest BCUT2D eigenvalue weighted by Gasteiger charge is 2.37. The third-order valence-electron chi connectivity index (χ3n) is 8.42. The normalized spacial score (nSPS) is 18.2. The molecule has 1 fully saturated rings. The Balaban J connectivity index is 1.46. The molecule has 1 aliphatic heterocycles. The van der Waals surface area contributed by atoms with Gasteiger partial charge in [0.15, 0.2) is 0 Å². The average Bonchev–Trinajstić information content (AvgIpc) is 3.51. The van der Waals surface area contributed by atoms with Gasteiger partial charge in [0.05, 0.1) is 23.9 Å². The number of ether oxygens (including phenoxy) is 1. The maximum absolute atomic E-state index is 14.0. The summed E-state index contributed by atoms with van der Waals surface area (Å²) in [5.41, 5.74) is 7.07. The molecule has 2 aliphatic rings. The number of benzene rings is 3. The lowest BCUT2D eigenvalue weighted by molar-refractivity contribution is 0.0918. The molecule has 218 valence electrons. The van der Waals surface area contributed by atoms with Crippen molar-refractivity contribution in [2.45, 2.75) is 49.9 Å². The van der Waals surface area contributed by atoms with Gasteiger partial charge in [-0.2, -0.15) is 0 Å². The summed E-state index contributed by atoms with van der Waals surface area (Å²) in [6.45, 7) is 5.33. The number of hydrogen-bond donors (Lipinski definition) is 1. The van der Waals surface area contributed by atoms with Crippen molar-refractivity contribution in [1.29, 1.82) is 0 Å². The van der Waals surface area contributed by atoms with Gasteiger partial charge in [0.2, 0.25) is 0 Å². The molecule has 4 aromatic rings. The molecule has 9 heteroatoms. The van der Waals surface area contributed by atoms with Gasteiger partial charge < -0.3 is 14.6 Å². The highest BCUT2D eigenvalue weighted by molar-refractivity contribution is 7.91. The van der Waals surface area contributed by atoms with Crippen molar-refractivity contribution in [3.05, 3.63) is 88.9 Å². The number of aliphatic imine (C=N–C) groups is 1. The van der Waals surface area contributed by atoms with Crippen molar-refractivity contribution in [3.8, 4) is 16.8 Å². The van der Waals surface area contributed by atoms with E-state index >= 15 is 0 Å². The van der Waals surface area contributed by atoms with Gasteiger partial charge in [0.25, 0.3) is 5.91 Å². The molecule has 42 heavy (non-hydrogen) atoms. The Morgan fingerprint density at radius 2 is 1.79 bits per heavy atom. The van der Waals surface area contributed by atoms with E-state index in [0.29, 0.717) is 31.6 Å². The number of hydrogen-bond acceptors (Lipinski definition) is 5. The van der Waals surface area contributed by atoms with Crippen LogP contribution < -0.4 is 5.32 Å². The molecule has 1 saturated carbocycles. The van der Waals surface area contributed by atoms with Gasteiger partial charge >= 0.3 is 0 Å². The maximum atomic E-state index is 14.0. The standard InChI is InChI=1S/C33H34FN3O4S/c1-33(2,19-41-3)31-30(20-5-7-21(8-6-20)32(38)36-25-15-27(16-25)42(4,39)40)28-13-22-17-35-18-23(22)14-29(28)37(31)26-11-9-24(34)10-12-26/h5-14,18,25,27H,15-17,19H2,1-4H3,(H,36,38). The van der Waals surface area contributed by atoms with Crippen LogP contribution in [0.4, 0.5) is 4.39 Å². The van der Waals surface area contributed by atoms with Crippen LogP contribution in [-0.4, -0.2) is 56.4 Å². The van der Waals surface area contributed by atoms with Gasteiger partial charge in [-0.15, -0.1) is 0 Å². The van der Waals surface area contributed by atoms with E-state index in [1.54, 1.807) is 19.2 Å². The summed E-state index contributed by atoms with van der Waals surface area (Å²) in [5.74, 6) is -0.522. The quantitative estimate of drug-likeness (QED) is 0.291. The lowest BCUT2D eigenvalue weighted by Crippen LogP contribution is -2.49. The summed E-state index contributed by atoms with van der Waals surface area (Å²) in [6, 6.07) is 18.2. The number of halogens is 1. The van der Waals surface area contributed by atoms with E-state index in [2.05, 4.69) is 40.9 Å². The highest BCUT2D eigenvalue weighted by Crippen LogP contribution is 2.44. The molecule has 2 heterocycles. The molecule has 0 bridgehead atoms. The Hall–Kier alpha value is -3.82. The van der Waals surface area contributed by atoms with Crippen molar-refractivity contribution < 1.29 is 22.3 Å². The van der Waals surface area contributed by atoms with Gasteiger partial charge in [0, 0.05) is 58.9 Å².